The van der Waals surface area contributed by atoms with E-state index >= 15 is 0 Å². The van der Waals surface area contributed by atoms with Crippen molar-refractivity contribution in [1.82, 2.24) is 39.9 Å². The third-order valence-electron chi connectivity index (χ3n) is 7.33. The molecule has 2 aromatic heterocycles. The first-order valence-electron chi connectivity index (χ1n) is 12.9. The Labute approximate surface area is 251 Å². The molecule has 3 aliphatic rings. The van der Waals surface area contributed by atoms with Crippen LogP contribution in [0.1, 0.15) is 0 Å². The standard InChI is InChI=1S/C32H16N8.Ga.H2O/c1-2-10-18-17(9-1)25-33-26(18)38-28-21-13-5-6-14-22(21)30(35-28)40-32-24-16-8-7-15-23(24)31(36-32)39-29-20-12-4-3-11-19(20)27(34-29)37-25;;/h1-16H;;1H2/q-2;;. The first kappa shape index (κ1) is 25.8. The van der Waals surface area contributed by atoms with Gasteiger partial charge >= 0.3 is 0 Å². The van der Waals surface area contributed by atoms with Gasteiger partial charge in [0.1, 0.15) is 0 Å². The summed E-state index contributed by atoms with van der Waals surface area (Å²) in [6, 6.07) is 31.8. The topological polar surface area (TPSA) is 137 Å². The predicted octanol–water partition coefficient (Wildman–Crippen LogP) is 4.83. The van der Waals surface area contributed by atoms with Crippen LogP contribution in [-0.2, 0) is 0 Å². The first-order valence-corrected chi connectivity index (χ1v) is 12.9. The molecule has 3 radical (unpaired) electrons. The first-order chi connectivity index (χ1) is 19.8. The minimum Gasteiger partial charge on any atom is -0.412 e. The number of benzene rings is 4. The average Bonchev–Trinajstić information content (AvgIpc) is 3.73. The molecule has 10 heteroatoms. The van der Waals surface area contributed by atoms with Crippen LogP contribution in [0.2, 0.25) is 0 Å². The normalized spacial score (nSPS) is 11.4. The molecule has 0 amide bonds. The zero-order chi connectivity index (χ0) is 26.2. The maximum atomic E-state index is 4.95. The van der Waals surface area contributed by atoms with Crippen molar-refractivity contribution in [3.05, 3.63) is 97.1 Å². The van der Waals surface area contributed by atoms with Gasteiger partial charge in [-0.15, -0.1) is 0 Å². The van der Waals surface area contributed by atoms with Gasteiger partial charge in [0.2, 0.25) is 0 Å². The minimum absolute atomic E-state index is 0. The Morgan fingerprint density at radius 1 is 0.357 bits per heavy atom. The van der Waals surface area contributed by atoms with Gasteiger partial charge < -0.3 is 35.4 Å². The second-order valence-corrected chi connectivity index (χ2v) is 9.67. The zero-order valence-corrected chi connectivity index (χ0v) is 24.3. The number of hydrogen-bond acceptors (Lipinski definition) is 6. The molecular formula is C32H18GaN8O-2. The number of hydrogen-bond donors (Lipinski definition) is 0. The van der Waals surface area contributed by atoms with Gasteiger partial charge in [-0.3, -0.25) is 0 Å². The van der Waals surface area contributed by atoms with Crippen LogP contribution in [0.4, 0.5) is 0 Å². The van der Waals surface area contributed by atoms with Gasteiger partial charge in [0.05, 0.1) is 11.6 Å². The van der Waals surface area contributed by atoms with E-state index in [-0.39, 0.29) is 25.3 Å². The Hall–Kier alpha value is -5.16. The van der Waals surface area contributed by atoms with E-state index < -0.39 is 0 Å². The van der Waals surface area contributed by atoms with Crippen molar-refractivity contribution in [3.8, 4) is 68.3 Å². The molecule has 0 spiro atoms. The molecule has 0 atom stereocenters. The van der Waals surface area contributed by atoms with Gasteiger partial charge in [0.15, 0.2) is 5.82 Å². The van der Waals surface area contributed by atoms with E-state index in [9.17, 15) is 0 Å². The fourth-order valence-electron chi connectivity index (χ4n) is 5.46. The summed E-state index contributed by atoms with van der Waals surface area (Å²) < 4.78 is 0. The van der Waals surface area contributed by atoms with Crippen LogP contribution in [0.5, 0.6) is 0 Å². The summed E-state index contributed by atoms with van der Waals surface area (Å²) in [6.07, 6.45) is 0. The maximum Gasteiger partial charge on any atom is 0.161 e. The van der Waals surface area contributed by atoms with Crippen molar-refractivity contribution in [2.45, 2.75) is 0 Å². The van der Waals surface area contributed by atoms with Gasteiger partial charge in [-0.2, -0.15) is 0 Å². The van der Waals surface area contributed by atoms with E-state index in [4.69, 9.17) is 39.9 Å². The van der Waals surface area contributed by atoms with Gasteiger partial charge in [-0.1, -0.05) is 97.1 Å². The number of nitrogens with zero attached hydrogens (tertiary/aromatic N) is 8. The number of fused-ring (bicyclic) bond motifs is 20. The average molecular weight is 600 g/mol. The van der Waals surface area contributed by atoms with Gasteiger partial charge in [0.25, 0.3) is 0 Å². The Morgan fingerprint density at radius 3 is 1.17 bits per heavy atom. The zero-order valence-electron chi connectivity index (χ0n) is 21.9. The van der Waals surface area contributed by atoms with Crippen molar-refractivity contribution < 1.29 is 5.48 Å². The smallest absolute Gasteiger partial charge is 0.161 e. The second kappa shape index (κ2) is 9.74. The molecule has 9 rings (SSSR count). The van der Waals surface area contributed by atoms with Crippen molar-refractivity contribution in [2.24, 2.45) is 0 Å². The van der Waals surface area contributed by atoms with Gasteiger partial charge in [0, 0.05) is 65.2 Å². The summed E-state index contributed by atoms with van der Waals surface area (Å²) in [7, 11) is 0. The van der Waals surface area contributed by atoms with Gasteiger partial charge in [-0.25, -0.2) is 9.97 Å². The summed E-state index contributed by atoms with van der Waals surface area (Å²) in [5.41, 5.74) is 6.46. The van der Waals surface area contributed by atoms with Crippen LogP contribution in [0.3, 0.4) is 0 Å². The van der Waals surface area contributed by atoms with Crippen LogP contribution >= 0.6 is 0 Å². The van der Waals surface area contributed by atoms with Crippen LogP contribution < -0.4 is 9.97 Å². The van der Waals surface area contributed by atoms with E-state index in [1.165, 1.54) is 0 Å². The third-order valence-corrected chi connectivity index (χ3v) is 7.33. The summed E-state index contributed by atoms with van der Waals surface area (Å²) in [5.74, 6) is 3.31. The minimum atomic E-state index is 0. The molecule has 4 aromatic carbocycles. The molecule has 8 bridgehead atoms. The van der Waals surface area contributed by atoms with E-state index in [2.05, 4.69) is 0 Å². The Bertz CT molecular complexity index is 2100. The number of aromatic nitrogens is 8. The Balaban J connectivity index is 0.00000144. The van der Waals surface area contributed by atoms with Gasteiger partial charge in [-0.05, 0) is 27.5 Å². The molecule has 0 aliphatic carbocycles. The van der Waals surface area contributed by atoms with Crippen molar-refractivity contribution >= 4 is 41.9 Å². The van der Waals surface area contributed by atoms with E-state index in [1.807, 2.05) is 97.1 Å². The molecule has 3 aliphatic heterocycles. The third kappa shape index (κ3) is 3.77. The molecule has 0 saturated carbocycles. The Kier molecular flexibility index (Phi) is 5.98. The largest absolute Gasteiger partial charge is 0.412 e. The fraction of sp³-hybridized carbons (Fsp3) is 0. The van der Waals surface area contributed by atoms with Crippen LogP contribution in [0, 0.1) is 0 Å². The predicted molar refractivity (Wildman–Crippen MR) is 162 cm³/mol. The quantitative estimate of drug-likeness (QED) is 0.226. The molecule has 42 heavy (non-hydrogen) atoms. The molecule has 6 aromatic rings. The maximum absolute atomic E-state index is 4.95. The summed E-state index contributed by atoms with van der Waals surface area (Å²) in [5, 5.41) is 1.79. The number of rotatable bonds is 0. The van der Waals surface area contributed by atoms with Crippen LogP contribution in [0.15, 0.2) is 97.1 Å². The van der Waals surface area contributed by atoms with E-state index in [1.54, 1.807) is 0 Å². The Morgan fingerprint density at radius 2 is 0.690 bits per heavy atom. The fourth-order valence-corrected chi connectivity index (χ4v) is 5.46. The molecule has 2 N–H and O–H groups in total. The van der Waals surface area contributed by atoms with Crippen LogP contribution in [0.25, 0.3) is 90.4 Å². The van der Waals surface area contributed by atoms with Crippen molar-refractivity contribution in [2.75, 3.05) is 0 Å². The van der Waals surface area contributed by atoms with E-state index in [0.29, 0.717) is 46.2 Å². The second-order valence-electron chi connectivity index (χ2n) is 9.67. The molecule has 5 heterocycles. The SMILES string of the molecule is O.[Ga].c1ccc2c(c1)-c1nc-2nc2[n-]c(nc3nc([n-]c4nc(n1)-c1ccccc1-4)-c1ccccc1-3)c1ccccc21. The summed E-state index contributed by atoms with van der Waals surface area (Å²) >= 11 is 0. The summed E-state index contributed by atoms with van der Waals surface area (Å²) in [6.45, 7) is 0. The molecule has 9 nitrogen and oxygen atoms in total. The molecular weight excluding hydrogens is 582 g/mol. The van der Waals surface area contributed by atoms with Crippen LogP contribution in [-0.4, -0.2) is 55.2 Å². The van der Waals surface area contributed by atoms with E-state index in [0.717, 1.165) is 44.2 Å². The monoisotopic (exact) mass is 599 g/mol. The molecule has 197 valence electrons. The molecule has 0 saturated heterocycles. The molecule has 0 fully saturated rings. The van der Waals surface area contributed by atoms with Crippen molar-refractivity contribution in [1.29, 1.82) is 0 Å². The molecule has 0 unspecified atom stereocenters. The summed E-state index contributed by atoms with van der Waals surface area (Å²) in [4.78, 5) is 39.3. The van der Waals surface area contributed by atoms with Crippen molar-refractivity contribution in [3.63, 3.8) is 0 Å².